The molecule has 1 aromatic heterocycles. The summed E-state index contributed by atoms with van der Waals surface area (Å²) in [7, 11) is -4.07. The number of amides is 2. The topological polar surface area (TPSA) is 115 Å². The lowest BCUT2D eigenvalue weighted by atomic mass is 9.95. The van der Waals surface area contributed by atoms with Crippen LogP contribution in [0.2, 0.25) is 10.0 Å². The van der Waals surface area contributed by atoms with E-state index in [-0.39, 0.29) is 12.5 Å². The molecule has 0 unspecified atom stereocenters. The Kier molecular flexibility index (Phi) is 8.18. The van der Waals surface area contributed by atoms with Crippen LogP contribution in [0.4, 0.5) is 5.69 Å². The molecule has 4 aromatic rings. The molecule has 1 aliphatic heterocycles. The monoisotopic (exact) mass is 667 g/mol. The first-order valence-electron chi connectivity index (χ1n) is 14.6. The predicted octanol–water partition coefficient (Wildman–Crippen LogP) is 6.49. The van der Waals surface area contributed by atoms with E-state index in [0.717, 1.165) is 0 Å². The molecule has 9 nitrogen and oxygen atoms in total. The number of anilines is 1. The van der Waals surface area contributed by atoms with Crippen LogP contribution < -0.4 is 19.1 Å². The number of sulfonamides is 1. The van der Waals surface area contributed by atoms with Gasteiger partial charge in [-0.25, -0.2) is 8.42 Å². The van der Waals surface area contributed by atoms with Crippen molar-refractivity contribution in [3.05, 3.63) is 92.6 Å². The average Bonchev–Trinajstić information content (AvgIpc) is 3.72. The molecule has 2 amide bonds. The summed E-state index contributed by atoms with van der Waals surface area (Å²) in [6.45, 7) is 6.54. The fourth-order valence-corrected chi connectivity index (χ4v) is 8.03. The molecule has 6 rings (SSSR count). The van der Waals surface area contributed by atoms with Gasteiger partial charge in [-0.3, -0.25) is 19.3 Å². The number of rotatable bonds is 10. The first-order valence-corrected chi connectivity index (χ1v) is 17.0. The van der Waals surface area contributed by atoms with Crippen molar-refractivity contribution in [2.45, 2.75) is 51.3 Å². The molecule has 1 fully saturated rings. The fourth-order valence-electron chi connectivity index (χ4n) is 6.10. The summed E-state index contributed by atoms with van der Waals surface area (Å²) < 4.78 is 40.6. The fraction of sp³-hybridized carbons (Fsp3) is 0.303. The number of ether oxygens (including phenoxy) is 2. The van der Waals surface area contributed by atoms with Gasteiger partial charge in [0.1, 0.15) is 11.3 Å². The first kappa shape index (κ1) is 31.1. The minimum absolute atomic E-state index is 0.233. The zero-order valence-corrected chi connectivity index (χ0v) is 27.3. The molecule has 45 heavy (non-hydrogen) atoms. The maximum absolute atomic E-state index is 14.0. The highest BCUT2D eigenvalue weighted by molar-refractivity contribution is 7.89. The van der Waals surface area contributed by atoms with Gasteiger partial charge < -0.3 is 14.4 Å². The van der Waals surface area contributed by atoms with Crippen LogP contribution in [-0.2, 0) is 32.5 Å². The summed E-state index contributed by atoms with van der Waals surface area (Å²) in [4.78, 5) is 33.4. The molecule has 0 atom stereocenters. The molecule has 0 spiro atoms. The lowest BCUT2D eigenvalue weighted by Crippen LogP contribution is -2.39. The second-order valence-corrected chi connectivity index (χ2v) is 13.7. The van der Waals surface area contributed by atoms with Crippen LogP contribution >= 0.6 is 23.2 Å². The molecule has 1 N–H and O–H groups in total. The molecule has 2 aliphatic rings. The highest BCUT2D eigenvalue weighted by atomic mass is 35.5. The predicted molar refractivity (Wildman–Crippen MR) is 174 cm³/mol. The van der Waals surface area contributed by atoms with Gasteiger partial charge in [-0.2, -0.15) is 0 Å². The number of pyridine rings is 1. The third-order valence-corrected chi connectivity index (χ3v) is 10.0. The molecule has 12 heteroatoms. The van der Waals surface area contributed by atoms with Crippen LogP contribution in [0, 0.1) is 6.92 Å². The Balaban J connectivity index is 1.26. The van der Waals surface area contributed by atoms with E-state index in [1.807, 2.05) is 26.8 Å². The molecule has 1 saturated carbocycles. The van der Waals surface area contributed by atoms with Gasteiger partial charge in [0.15, 0.2) is 5.75 Å². The van der Waals surface area contributed by atoms with Crippen molar-refractivity contribution in [3.8, 4) is 11.5 Å². The number of aryl methyl sites for hydroxylation is 1. The maximum atomic E-state index is 14.0. The van der Waals surface area contributed by atoms with Gasteiger partial charge in [0, 0.05) is 38.4 Å². The highest BCUT2D eigenvalue weighted by Gasteiger charge is 2.54. The van der Waals surface area contributed by atoms with E-state index in [0.29, 0.717) is 92.0 Å². The zero-order valence-electron chi connectivity index (χ0n) is 24.9. The third kappa shape index (κ3) is 5.49. The van der Waals surface area contributed by atoms with Crippen LogP contribution in [0.3, 0.4) is 0 Å². The lowest BCUT2D eigenvalue weighted by molar-refractivity contribution is -0.121. The summed E-state index contributed by atoms with van der Waals surface area (Å²) in [5.74, 6) is -0.313. The van der Waals surface area contributed by atoms with Gasteiger partial charge in [0.2, 0.25) is 15.9 Å². The molecule has 3 aromatic carbocycles. The van der Waals surface area contributed by atoms with E-state index in [1.165, 1.54) is 0 Å². The van der Waals surface area contributed by atoms with Crippen LogP contribution in [-0.4, -0.2) is 38.4 Å². The number of carbonyl (C=O) groups is 2. The number of fused-ring (bicyclic) bond motifs is 2. The first-order chi connectivity index (χ1) is 21.5. The number of hydrogen-bond donors (Lipinski definition) is 1. The van der Waals surface area contributed by atoms with Crippen LogP contribution in [0.5, 0.6) is 11.5 Å². The van der Waals surface area contributed by atoms with Crippen molar-refractivity contribution in [2.75, 3.05) is 18.1 Å². The largest absolute Gasteiger partial charge is 0.492 e. The number of nitrogens with one attached hydrogen (secondary N) is 1. The number of nitrogens with zero attached hydrogens (tertiary/aromatic N) is 2. The smallest absolute Gasteiger partial charge is 0.262 e. The van der Waals surface area contributed by atoms with Crippen molar-refractivity contribution in [2.24, 2.45) is 0 Å². The van der Waals surface area contributed by atoms with Crippen LogP contribution in [0.25, 0.3) is 10.9 Å². The van der Waals surface area contributed by atoms with Crippen LogP contribution in [0.15, 0.2) is 54.7 Å². The number of aromatic nitrogens is 1. The SMILES string of the molecule is CCOc1c2c(c(OCC)c3ncccc13)CN(c1ccc(CS(=O)(=O)NC(=O)C3(c4c(Cl)cccc4Cl)CC3)cc1C)C2=O. The molecule has 234 valence electrons. The van der Waals surface area contributed by atoms with E-state index in [4.69, 9.17) is 32.7 Å². The number of carbonyl (C=O) groups excluding carboxylic acids is 2. The minimum Gasteiger partial charge on any atom is -0.492 e. The van der Waals surface area contributed by atoms with Gasteiger partial charge >= 0.3 is 0 Å². The maximum Gasteiger partial charge on any atom is 0.262 e. The van der Waals surface area contributed by atoms with Gasteiger partial charge in [-0.05, 0) is 75.1 Å². The van der Waals surface area contributed by atoms with Gasteiger partial charge in [0.05, 0.1) is 36.5 Å². The second kappa shape index (κ2) is 11.8. The molecule has 0 radical (unpaired) electrons. The van der Waals surface area contributed by atoms with E-state index < -0.39 is 27.1 Å². The standard InChI is InChI=1S/C33H31Cl2N3O6S/c1-4-43-29-21-8-7-15-36-28(21)30(44-5-2)22-17-38(31(39)26(22)29)25-12-11-20(16-19(25)3)18-45(41,42)37-32(40)33(13-14-33)27-23(34)9-6-10-24(27)35/h6-12,15-16H,4-5,13-14,17-18H2,1-3H3,(H,37,40). The van der Waals surface area contributed by atoms with Gasteiger partial charge in [0.25, 0.3) is 5.91 Å². The Hall–Kier alpha value is -3.86. The summed E-state index contributed by atoms with van der Waals surface area (Å²) in [6.07, 6.45) is 2.57. The summed E-state index contributed by atoms with van der Waals surface area (Å²) in [6, 6.07) is 13.7. The molecular formula is C33H31Cl2N3O6S. The Morgan fingerprint density at radius 1 is 1.02 bits per heavy atom. The number of hydrogen-bond acceptors (Lipinski definition) is 7. The quantitative estimate of drug-likeness (QED) is 0.206. The van der Waals surface area contributed by atoms with Gasteiger partial charge in [-0.15, -0.1) is 0 Å². The van der Waals surface area contributed by atoms with E-state index in [1.54, 1.807) is 53.6 Å². The minimum atomic E-state index is -4.07. The highest BCUT2D eigenvalue weighted by Crippen LogP contribution is 2.53. The normalized spacial score (nSPS) is 15.2. The van der Waals surface area contributed by atoms with E-state index >= 15 is 0 Å². The zero-order chi connectivity index (χ0) is 32.1. The van der Waals surface area contributed by atoms with Crippen molar-refractivity contribution in [1.29, 1.82) is 0 Å². The molecular weight excluding hydrogens is 637 g/mol. The summed E-state index contributed by atoms with van der Waals surface area (Å²) in [5, 5.41) is 1.34. The number of benzene rings is 3. The average molecular weight is 669 g/mol. The Labute approximate surface area is 271 Å². The van der Waals surface area contributed by atoms with Crippen LogP contribution in [0.1, 0.15) is 59.3 Å². The van der Waals surface area contributed by atoms with Crippen molar-refractivity contribution in [3.63, 3.8) is 0 Å². The summed E-state index contributed by atoms with van der Waals surface area (Å²) in [5.41, 5.74) is 2.89. The number of halogens is 2. The molecule has 2 heterocycles. The van der Waals surface area contributed by atoms with Crippen molar-refractivity contribution < 1.29 is 27.5 Å². The lowest BCUT2D eigenvalue weighted by Gasteiger charge is -2.20. The Morgan fingerprint density at radius 2 is 1.71 bits per heavy atom. The summed E-state index contributed by atoms with van der Waals surface area (Å²) >= 11 is 12.7. The molecule has 0 saturated heterocycles. The van der Waals surface area contributed by atoms with E-state index in [2.05, 4.69) is 9.71 Å². The van der Waals surface area contributed by atoms with E-state index in [9.17, 15) is 18.0 Å². The van der Waals surface area contributed by atoms with Crippen molar-refractivity contribution in [1.82, 2.24) is 9.71 Å². The molecule has 1 aliphatic carbocycles. The van der Waals surface area contributed by atoms with Gasteiger partial charge in [-0.1, -0.05) is 41.4 Å². The molecule has 0 bridgehead atoms. The Morgan fingerprint density at radius 3 is 2.36 bits per heavy atom. The Bertz CT molecular complexity index is 1960. The van der Waals surface area contributed by atoms with Crippen molar-refractivity contribution >= 4 is 61.6 Å². The second-order valence-electron chi connectivity index (χ2n) is 11.2. The third-order valence-electron chi connectivity index (χ3n) is 8.21.